The number of hydrogen-bond acceptors (Lipinski definition) is 3. The minimum absolute atomic E-state index is 0.0390. The Kier molecular flexibility index (Phi) is 6.00. The lowest BCUT2D eigenvalue weighted by atomic mass is 10.2. The summed E-state index contributed by atoms with van der Waals surface area (Å²) in [7, 11) is 0. The Morgan fingerprint density at radius 2 is 2.14 bits per heavy atom. The summed E-state index contributed by atoms with van der Waals surface area (Å²) in [5.74, 6) is 0.635. The van der Waals surface area contributed by atoms with E-state index >= 15 is 0 Å². The first-order valence-electron chi connectivity index (χ1n) is 7.21. The molecule has 0 saturated heterocycles. The van der Waals surface area contributed by atoms with Crippen molar-refractivity contribution in [2.75, 3.05) is 13.2 Å². The quantitative estimate of drug-likeness (QED) is 0.767. The zero-order valence-electron chi connectivity index (χ0n) is 12.8. The molecule has 1 amide bonds. The highest BCUT2D eigenvalue weighted by atomic mass is 79.9. The molecule has 0 radical (unpaired) electrons. The molecule has 2 rings (SSSR count). The van der Waals surface area contributed by atoms with Crippen LogP contribution in [0.3, 0.4) is 0 Å². The van der Waals surface area contributed by atoms with Crippen molar-refractivity contribution in [1.82, 2.24) is 15.1 Å². The first kappa shape index (κ1) is 16.5. The second-order valence-corrected chi connectivity index (χ2v) is 5.94. The van der Waals surface area contributed by atoms with E-state index in [2.05, 4.69) is 26.3 Å². The number of para-hydroxylation sites is 1. The van der Waals surface area contributed by atoms with Crippen LogP contribution in [0.5, 0.6) is 5.75 Å². The van der Waals surface area contributed by atoms with Crippen LogP contribution in [0.25, 0.3) is 0 Å². The largest absolute Gasteiger partial charge is 0.484 e. The average molecular weight is 366 g/mol. The van der Waals surface area contributed by atoms with Crippen LogP contribution in [0.1, 0.15) is 17.7 Å². The number of amides is 1. The molecule has 0 bridgehead atoms. The number of carbonyl (C=O) groups excluding carboxylic acids is 1. The van der Waals surface area contributed by atoms with E-state index in [9.17, 15) is 4.79 Å². The second-order valence-electron chi connectivity index (χ2n) is 5.08. The zero-order valence-corrected chi connectivity index (χ0v) is 14.4. The van der Waals surface area contributed by atoms with E-state index < -0.39 is 0 Å². The molecular formula is C16H20BrN3O2. The summed E-state index contributed by atoms with van der Waals surface area (Å²) in [5, 5.41) is 7.19. The maximum absolute atomic E-state index is 11.7. The Morgan fingerprint density at radius 1 is 1.36 bits per heavy atom. The first-order valence-corrected chi connectivity index (χ1v) is 8.00. The van der Waals surface area contributed by atoms with Gasteiger partial charge in [-0.25, -0.2) is 0 Å². The van der Waals surface area contributed by atoms with Crippen LogP contribution in [0.2, 0.25) is 0 Å². The molecule has 6 heteroatoms. The van der Waals surface area contributed by atoms with Crippen molar-refractivity contribution in [2.24, 2.45) is 0 Å². The zero-order chi connectivity index (χ0) is 15.9. The minimum Gasteiger partial charge on any atom is -0.484 e. The summed E-state index contributed by atoms with van der Waals surface area (Å²) in [6, 6.07) is 7.65. The van der Waals surface area contributed by atoms with Gasteiger partial charge in [0.15, 0.2) is 6.61 Å². The number of nitrogens with one attached hydrogen (secondary N) is 1. The Balaban J connectivity index is 1.65. The monoisotopic (exact) mass is 365 g/mol. The number of aromatic nitrogens is 2. The van der Waals surface area contributed by atoms with Crippen LogP contribution in [-0.4, -0.2) is 28.8 Å². The van der Waals surface area contributed by atoms with Gasteiger partial charge < -0.3 is 10.1 Å². The molecule has 1 aromatic carbocycles. The fourth-order valence-corrected chi connectivity index (χ4v) is 2.31. The SMILES string of the molecule is Cc1ccccc1OCC(=O)NCCCn1cc(Br)c(C)n1. The Bertz CT molecular complexity index is 621. The van der Waals surface area contributed by atoms with Crippen LogP contribution in [-0.2, 0) is 11.3 Å². The fourth-order valence-electron chi connectivity index (χ4n) is 1.99. The van der Waals surface area contributed by atoms with E-state index in [-0.39, 0.29) is 12.5 Å². The van der Waals surface area contributed by atoms with Crippen molar-refractivity contribution in [3.8, 4) is 5.75 Å². The molecule has 0 atom stereocenters. The Labute approximate surface area is 138 Å². The lowest BCUT2D eigenvalue weighted by Gasteiger charge is -2.09. The number of rotatable bonds is 7. The molecule has 1 heterocycles. The number of halogens is 1. The van der Waals surface area contributed by atoms with E-state index in [1.807, 2.05) is 49.0 Å². The lowest BCUT2D eigenvalue weighted by Crippen LogP contribution is -2.30. The molecule has 0 aliphatic heterocycles. The Morgan fingerprint density at radius 3 is 2.82 bits per heavy atom. The second kappa shape index (κ2) is 7.98. The van der Waals surface area contributed by atoms with Crippen LogP contribution in [0, 0.1) is 13.8 Å². The van der Waals surface area contributed by atoms with E-state index in [0.717, 1.165) is 34.4 Å². The van der Waals surface area contributed by atoms with Gasteiger partial charge in [-0.05, 0) is 47.8 Å². The third-order valence-corrected chi connectivity index (χ3v) is 4.00. The summed E-state index contributed by atoms with van der Waals surface area (Å²) in [6.07, 6.45) is 2.77. The molecule has 5 nitrogen and oxygen atoms in total. The van der Waals surface area contributed by atoms with Gasteiger partial charge in [-0.2, -0.15) is 5.10 Å². The molecule has 0 aliphatic carbocycles. The third kappa shape index (κ3) is 4.87. The molecule has 1 aromatic heterocycles. The van der Waals surface area contributed by atoms with Crippen molar-refractivity contribution in [1.29, 1.82) is 0 Å². The number of aryl methyl sites for hydroxylation is 3. The molecular weight excluding hydrogens is 346 g/mol. The standard InChI is InChI=1S/C16H20BrN3O2/c1-12-6-3-4-7-15(12)22-11-16(21)18-8-5-9-20-10-14(17)13(2)19-20/h3-4,6-7,10H,5,8-9,11H2,1-2H3,(H,18,21). The molecule has 22 heavy (non-hydrogen) atoms. The smallest absolute Gasteiger partial charge is 0.257 e. The van der Waals surface area contributed by atoms with Gasteiger partial charge in [0.2, 0.25) is 0 Å². The number of ether oxygens (including phenoxy) is 1. The molecule has 2 aromatic rings. The number of benzene rings is 1. The third-order valence-electron chi connectivity index (χ3n) is 3.22. The number of hydrogen-bond donors (Lipinski definition) is 1. The van der Waals surface area contributed by atoms with Gasteiger partial charge in [0, 0.05) is 19.3 Å². The lowest BCUT2D eigenvalue weighted by molar-refractivity contribution is -0.123. The number of nitrogens with zero attached hydrogens (tertiary/aromatic N) is 2. The Hall–Kier alpha value is -1.82. The highest BCUT2D eigenvalue weighted by Gasteiger charge is 2.05. The average Bonchev–Trinajstić information content (AvgIpc) is 2.81. The topological polar surface area (TPSA) is 56.1 Å². The normalized spacial score (nSPS) is 10.5. The van der Waals surface area contributed by atoms with Crippen molar-refractivity contribution >= 4 is 21.8 Å². The molecule has 1 N–H and O–H groups in total. The molecule has 0 spiro atoms. The molecule has 0 unspecified atom stereocenters. The van der Waals surface area contributed by atoms with Crippen molar-refractivity contribution < 1.29 is 9.53 Å². The van der Waals surface area contributed by atoms with Gasteiger partial charge >= 0.3 is 0 Å². The predicted molar refractivity (Wildman–Crippen MR) is 89.0 cm³/mol. The summed E-state index contributed by atoms with van der Waals surface area (Å²) < 4.78 is 8.37. The van der Waals surface area contributed by atoms with E-state index in [1.54, 1.807) is 0 Å². The van der Waals surface area contributed by atoms with Gasteiger partial charge in [-0.3, -0.25) is 9.48 Å². The highest BCUT2D eigenvalue weighted by molar-refractivity contribution is 9.10. The van der Waals surface area contributed by atoms with E-state index in [0.29, 0.717) is 6.54 Å². The highest BCUT2D eigenvalue weighted by Crippen LogP contribution is 2.15. The molecule has 118 valence electrons. The summed E-state index contributed by atoms with van der Waals surface area (Å²) in [5.41, 5.74) is 1.99. The predicted octanol–water partition coefficient (Wildman–Crippen LogP) is 2.85. The number of carbonyl (C=O) groups is 1. The fraction of sp³-hybridized carbons (Fsp3) is 0.375. The summed E-state index contributed by atoms with van der Waals surface area (Å²) in [6.45, 7) is 5.32. The summed E-state index contributed by atoms with van der Waals surface area (Å²) >= 11 is 3.43. The van der Waals surface area contributed by atoms with E-state index in [1.165, 1.54) is 0 Å². The van der Waals surface area contributed by atoms with Gasteiger partial charge in [-0.15, -0.1) is 0 Å². The maximum atomic E-state index is 11.7. The molecule has 0 fully saturated rings. The van der Waals surface area contributed by atoms with Crippen molar-refractivity contribution in [3.63, 3.8) is 0 Å². The minimum atomic E-state index is -0.110. The van der Waals surface area contributed by atoms with E-state index in [4.69, 9.17) is 4.74 Å². The van der Waals surface area contributed by atoms with Crippen LogP contribution >= 0.6 is 15.9 Å². The van der Waals surface area contributed by atoms with Gasteiger partial charge in [0.25, 0.3) is 5.91 Å². The van der Waals surface area contributed by atoms with Crippen LogP contribution in [0.15, 0.2) is 34.9 Å². The van der Waals surface area contributed by atoms with Crippen molar-refractivity contribution in [2.45, 2.75) is 26.8 Å². The summed E-state index contributed by atoms with van der Waals surface area (Å²) in [4.78, 5) is 11.7. The first-order chi connectivity index (χ1) is 10.6. The van der Waals surface area contributed by atoms with Crippen molar-refractivity contribution in [3.05, 3.63) is 46.2 Å². The molecule has 0 aliphatic rings. The van der Waals surface area contributed by atoms with Gasteiger partial charge in [-0.1, -0.05) is 18.2 Å². The molecule has 0 saturated carbocycles. The van der Waals surface area contributed by atoms with Gasteiger partial charge in [0.1, 0.15) is 5.75 Å². The van der Waals surface area contributed by atoms with Crippen LogP contribution < -0.4 is 10.1 Å². The van der Waals surface area contributed by atoms with Gasteiger partial charge in [0.05, 0.1) is 10.2 Å². The van der Waals surface area contributed by atoms with Crippen LogP contribution in [0.4, 0.5) is 0 Å². The maximum Gasteiger partial charge on any atom is 0.257 e.